The molecule has 1 saturated heterocycles. The molecular formula is C15H22N2O. The summed E-state index contributed by atoms with van der Waals surface area (Å²) in [4.78, 5) is 13.7. The highest BCUT2D eigenvalue weighted by atomic mass is 16.2. The number of nitrogens with two attached hydrogens (primary N) is 1. The van der Waals surface area contributed by atoms with Crippen molar-refractivity contribution in [1.82, 2.24) is 0 Å². The van der Waals surface area contributed by atoms with Crippen LogP contribution in [0.1, 0.15) is 31.7 Å². The predicted molar refractivity (Wildman–Crippen MR) is 74.6 cm³/mol. The van der Waals surface area contributed by atoms with Crippen molar-refractivity contribution in [2.45, 2.75) is 32.6 Å². The van der Waals surface area contributed by atoms with Gasteiger partial charge in [0, 0.05) is 18.7 Å². The van der Waals surface area contributed by atoms with Gasteiger partial charge < -0.3 is 10.6 Å². The maximum absolute atomic E-state index is 11.9. The Hall–Kier alpha value is -1.35. The summed E-state index contributed by atoms with van der Waals surface area (Å²) in [6.07, 6.45) is 4.14. The highest BCUT2D eigenvalue weighted by Gasteiger charge is 2.29. The van der Waals surface area contributed by atoms with Gasteiger partial charge in [-0.25, -0.2) is 0 Å². The van der Waals surface area contributed by atoms with Crippen LogP contribution < -0.4 is 10.6 Å². The molecule has 1 heterocycles. The molecule has 0 spiro atoms. The van der Waals surface area contributed by atoms with Gasteiger partial charge in [0.25, 0.3) is 0 Å². The average molecular weight is 246 g/mol. The van der Waals surface area contributed by atoms with Crippen LogP contribution in [0.4, 0.5) is 5.69 Å². The van der Waals surface area contributed by atoms with Crippen LogP contribution in [-0.4, -0.2) is 19.0 Å². The van der Waals surface area contributed by atoms with E-state index in [1.165, 1.54) is 18.4 Å². The minimum atomic E-state index is 0.201. The van der Waals surface area contributed by atoms with Crippen LogP contribution in [0, 0.1) is 5.92 Å². The molecule has 1 aromatic carbocycles. The number of benzene rings is 1. The lowest BCUT2D eigenvalue weighted by Crippen LogP contribution is -2.25. The Balaban J connectivity index is 2.03. The van der Waals surface area contributed by atoms with Crippen molar-refractivity contribution in [3.8, 4) is 0 Å². The van der Waals surface area contributed by atoms with Crippen LogP contribution in [0.25, 0.3) is 0 Å². The van der Waals surface area contributed by atoms with E-state index in [-0.39, 0.29) is 5.91 Å². The van der Waals surface area contributed by atoms with E-state index in [4.69, 9.17) is 5.73 Å². The van der Waals surface area contributed by atoms with Gasteiger partial charge in [-0.3, -0.25) is 4.79 Å². The summed E-state index contributed by atoms with van der Waals surface area (Å²) < 4.78 is 0. The van der Waals surface area contributed by atoms with Crippen LogP contribution in [0.3, 0.4) is 0 Å². The lowest BCUT2D eigenvalue weighted by atomic mass is 10.1. The molecule has 0 aromatic heterocycles. The maximum Gasteiger partial charge on any atom is 0.227 e. The molecule has 1 aliphatic heterocycles. The number of aryl methyl sites for hydroxylation is 1. The minimum absolute atomic E-state index is 0.201. The van der Waals surface area contributed by atoms with E-state index >= 15 is 0 Å². The fraction of sp³-hybridized carbons (Fsp3) is 0.533. The second kappa shape index (κ2) is 6.01. The molecule has 1 aliphatic rings. The molecule has 98 valence electrons. The van der Waals surface area contributed by atoms with Crippen molar-refractivity contribution in [3.05, 3.63) is 29.8 Å². The van der Waals surface area contributed by atoms with Crippen molar-refractivity contribution >= 4 is 11.6 Å². The van der Waals surface area contributed by atoms with Crippen molar-refractivity contribution in [2.75, 3.05) is 18.0 Å². The molecule has 0 radical (unpaired) electrons. The Morgan fingerprint density at radius 3 is 2.61 bits per heavy atom. The third kappa shape index (κ3) is 2.91. The first kappa shape index (κ1) is 13.1. The zero-order chi connectivity index (χ0) is 13.0. The normalized spacial score (nSPS) is 19.6. The molecule has 18 heavy (non-hydrogen) atoms. The molecule has 2 N–H and O–H groups in total. The molecule has 0 bridgehead atoms. The summed E-state index contributed by atoms with van der Waals surface area (Å²) in [6.45, 7) is 3.56. The maximum atomic E-state index is 11.9. The molecule has 3 nitrogen and oxygen atoms in total. The van der Waals surface area contributed by atoms with Gasteiger partial charge in [-0.2, -0.15) is 0 Å². The zero-order valence-electron chi connectivity index (χ0n) is 11.1. The second-order valence-electron chi connectivity index (χ2n) is 5.08. The summed E-state index contributed by atoms with van der Waals surface area (Å²) in [5.74, 6) is 0.518. The Bertz CT molecular complexity index is 399. The van der Waals surface area contributed by atoms with Gasteiger partial charge in [0.1, 0.15) is 0 Å². The van der Waals surface area contributed by atoms with E-state index in [1.54, 1.807) is 0 Å². The Kier molecular flexibility index (Phi) is 4.37. The number of anilines is 1. The number of rotatable bonds is 5. The number of unbranched alkanes of at least 4 members (excludes halogenated alkanes) is 1. The van der Waals surface area contributed by atoms with Crippen molar-refractivity contribution in [2.24, 2.45) is 11.7 Å². The highest BCUT2D eigenvalue weighted by molar-refractivity contribution is 5.95. The predicted octanol–water partition coefficient (Wildman–Crippen LogP) is 2.34. The quantitative estimate of drug-likeness (QED) is 0.866. The Labute approximate surface area is 109 Å². The van der Waals surface area contributed by atoms with Crippen molar-refractivity contribution in [3.63, 3.8) is 0 Å². The molecule has 1 atom stereocenters. The number of carbonyl (C=O) groups is 1. The lowest BCUT2D eigenvalue weighted by molar-refractivity contribution is -0.117. The zero-order valence-corrected chi connectivity index (χ0v) is 11.1. The van der Waals surface area contributed by atoms with Crippen LogP contribution in [0.2, 0.25) is 0 Å². The third-order valence-electron chi connectivity index (χ3n) is 3.61. The molecule has 3 heteroatoms. The SMILES string of the molecule is CCCCc1ccc(N2CC(CN)CC2=O)cc1. The minimum Gasteiger partial charge on any atom is -0.330 e. The van der Waals surface area contributed by atoms with E-state index in [0.717, 1.165) is 18.7 Å². The largest absolute Gasteiger partial charge is 0.330 e. The van der Waals surface area contributed by atoms with Crippen LogP contribution >= 0.6 is 0 Å². The van der Waals surface area contributed by atoms with Gasteiger partial charge in [-0.05, 0) is 43.0 Å². The van der Waals surface area contributed by atoms with Crippen LogP contribution in [-0.2, 0) is 11.2 Å². The standard InChI is InChI=1S/C15H22N2O/c1-2-3-4-12-5-7-14(8-6-12)17-11-13(10-16)9-15(17)18/h5-8,13H,2-4,9-11,16H2,1H3. The smallest absolute Gasteiger partial charge is 0.227 e. The summed E-state index contributed by atoms with van der Waals surface area (Å²) in [6, 6.07) is 8.38. The summed E-state index contributed by atoms with van der Waals surface area (Å²) in [5.41, 5.74) is 8.00. The van der Waals surface area contributed by atoms with E-state index in [1.807, 2.05) is 4.90 Å². The fourth-order valence-electron chi connectivity index (χ4n) is 2.41. The number of carbonyl (C=O) groups excluding carboxylic acids is 1. The Morgan fingerprint density at radius 2 is 2.06 bits per heavy atom. The average Bonchev–Trinajstić information content (AvgIpc) is 2.78. The van der Waals surface area contributed by atoms with Gasteiger partial charge >= 0.3 is 0 Å². The molecule has 2 rings (SSSR count). The van der Waals surface area contributed by atoms with Crippen LogP contribution in [0.5, 0.6) is 0 Å². The van der Waals surface area contributed by atoms with E-state index in [2.05, 4.69) is 31.2 Å². The topological polar surface area (TPSA) is 46.3 Å². The number of hydrogen-bond donors (Lipinski definition) is 1. The molecule has 0 aliphatic carbocycles. The van der Waals surface area contributed by atoms with Crippen LogP contribution in [0.15, 0.2) is 24.3 Å². The molecule has 1 unspecified atom stereocenters. The number of amides is 1. The van der Waals surface area contributed by atoms with E-state index in [9.17, 15) is 4.79 Å². The monoisotopic (exact) mass is 246 g/mol. The lowest BCUT2D eigenvalue weighted by Gasteiger charge is -2.17. The first-order chi connectivity index (χ1) is 8.74. The summed E-state index contributed by atoms with van der Waals surface area (Å²) >= 11 is 0. The second-order valence-corrected chi connectivity index (χ2v) is 5.08. The summed E-state index contributed by atoms with van der Waals surface area (Å²) in [5, 5.41) is 0. The molecular weight excluding hydrogens is 224 g/mol. The van der Waals surface area contributed by atoms with Gasteiger partial charge in [-0.1, -0.05) is 25.5 Å². The third-order valence-corrected chi connectivity index (χ3v) is 3.61. The van der Waals surface area contributed by atoms with Crippen molar-refractivity contribution in [1.29, 1.82) is 0 Å². The highest BCUT2D eigenvalue weighted by Crippen LogP contribution is 2.25. The van der Waals surface area contributed by atoms with E-state index in [0.29, 0.717) is 18.9 Å². The number of hydrogen-bond acceptors (Lipinski definition) is 2. The van der Waals surface area contributed by atoms with Crippen molar-refractivity contribution < 1.29 is 4.79 Å². The van der Waals surface area contributed by atoms with Gasteiger partial charge in [-0.15, -0.1) is 0 Å². The fourth-order valence-corrected chi connectivity index (χ4v) is 2.41. The number of nitrogens with zero attached hydrogens (tertiary/aromatic N) is 1. The first-order valence-corrected chi connectivity index (χ1v) is 6.84. The molecule has 1 fully saturated rings. The summed E-state index contributed by atoms with van der Waals surface area (Å²) in [7, 11) is 0. The van der Waals surface area contributed by atoms with Gasteiger partial charge in [0.15, 0.2) is 0 Å². The van der Waals surface area contributed by atoms with Gasteiger partial charge in [0.05, 0.1) is 0 Å². The van der Waals surface area contributed by atoms with Gasteiger partial charge in [0.2, 0.25) is 5.91 Å². The Morgan fingerprint density at radius 1 is 1.33 bits per heavy atom. The van der Waals surface area contributed by atoms with E-state index < -0.39 is 0 Å². The molecule has 0 saturated carbocycles. The molecule has 1 amide bonds. The first-order valence-electron chi connectivity index (χ1n) is 6.84. The molecule has 1 aromatic rings.